The highest BCUT2D eigenvalue weighted by molar-refractivity contribution is 6.02. The Morgan fingerprint density at radius 2 is 2.00 bits per heavy atom. The summed E-state index contributed by atoms with van der Waals surface area (Å²) in [5.41, 5.74) is 3.08. The van der Waals surface area contributed by atoms with Crippen LogP contribution in [0, 0.1) is 0 Å². The number of ether oxygens (including phenoxy) is 3. The maximum absolute atomic E-state index is 12.9. The average molecular weight is 450 g/mol. The van der Waals surface area contributed by atoms with E-state index in [9.17, 15) is 4.79 Å². The Kier molecular flexibility index (Phi) is 6.18. The molecule has 3 aromatic heterocycles. The Labute approximate surface area is 191 Å². The zero-order valence-electron chi connectivity index (χ0n) is 18.5. The van der Waals surface area contributed by atoms with Crippen molar-refractivity contribution in [3.63, 3.8) is 0 Å². The Morgan fingerprint density at radius 3 is 2.85 bits per heavy atom. The maximum atomic E-state index is 12.9. The van der Waals surface area contributed by atoms with E-state index in [2.05, 4.69) is 25.2 Å². The Morgan fingerprint density at radius 1 is 1.12 bits per heavy atom. The molecule has 1 saturated heterocycles. The fraction of sp³-hybridized carbons (Fsp3) is 0.391. The topological polar surface area (TPSA) is 102 Å². The minimum absolute atomic E-state index is 0.0480. The van der Waals surface area contributed by atoms with Gasteiger partial charge in [-0.15, -0.1) is 0 Å². The van der Waals surface area contributed by atoms with Gasteiger partial charge < -0.3 is 24.4 Å². The molecule has 2 aliphatic heterocycles. The lowest BCUT2D eigenvalue weighted by Gasteiger charge is -2.34. The number of piperazine rings is 1. The summed E-state index contributed by atoms with van der Waals surface area (Å²) in [6, 6.07) is 7.37. The van der Waals surface area contributed by atoms with Gasteiger partial charge in [0, 0.05) is 51.1 Å². The van der Waals surface area contributed by atoms with Crippen LogP contribution in [0.25, 0.3) is 11.0 Å². The molecule has 2 aliphatic rings. The van der Waals surface area contributed by atoms with Gasteiger partial charge in [0.2, 0.25) is 11.8 Å². The van der Waals surface area contributed by atoms with Crippen molar-refractivity contribution in [1.29, 1.82) is 0 Å². The molecule has 10 nitrogen and oxygen atoms in total. The minimum atomic E-state index is 0.0480. The second-order valence-corrected chi connectivity index (χ2v) is 7.87. The Bertz CT molecular complexity index is 1160. The quantitative estimate of drug-likeness (QED) is 0.533. The summed E-state index contributed by atoms with van der Waals surface area (Å²) in [4.78, 5) is 30.2. The first-order valence-corrected chi connectivity index (χ1v) is 11.0. The first-order chi connectivity index (χ1) is 16.2. The summed E-state index contributed by atoms with van der Waals surface area (Å²) < 4.78 is 16.4. The van der Waals surface area contributed by atoms with Gasteiger partial charge in [-0.2, -0.15) is 0 Å². The van der Waals surface area contributed by atoms with Gasteiger partial charge in [-0.05, 0) is 12.1 Å². The largest absolute Gasteiger partial charge is 0.486 e. The third-order valence-electron chi connectivity index (χ3n) is 5.73. The maximum Gasteiger partial charge on any atom is 0.241 e. The van der Waals surface area contributed by atoms with Crippen molar-refractivity contribution in [2.75, 3.05) is 57.9 Å². The van der Waals surface area contributed by atoms with Crippen molar-refractivity contribution < 1.29 is 19.0 Å². The van der Waals surface area contributed by atoms with Crippen LogP contribution in [0.15, 0.2) is 36.7 Å². The minimum Gasteiger partial charge on any atom is -0.486 e. The van der Waals surface area contributed by atoms with E-state index in [1.807, 2.05) is 18.2 Å². The molecule has 10 heteroatoms. The van der Waals surface area contributed by atoms with Gasteiger partial charge in [-0.1, -0.05) is 0 Å². The van der Waals surface area contributed by atoms with E-state index in [4.69, 9.17) is 14.2 Å². The van der Waals surface area contributed by atoms with Gasteiger partial charge in [0.1, 0.15) is 18.7 Å². The van der Waals surface area contributed by atoms with Crippen LogP contribution in [0.2, 0.25) is 0 Å². The number of nitrogens with zero attached hydrogens (tertiary/aromatic N) is 5. The highest BCUT2D eigenvalue weighted by Gasteiger charge is 2.26. The van der Waals surface area contributed by atoms with Gasteiger partial charge in [0.25, 0.3) is 0 Å². The number of fused-ring (bicyclic) bond motifs is 2. The molecule has 1 fully saturated rings. The van der Waals surface area contributed by atoms with Crippen LogP contribution in [0.5, 0.6) is 17.4 Å². The van der Waals surface area contributed by atoms with Crippen molar-refractivity contribution in [1.82, 2.24) is 25.2 Å². The number of pyridine rings is 3. The summed E-state index contributed by atoms with van der Waals surface area (Å²) in [6.07, 6.45) is 3.41. The molecule has 0 atom stereocenters. The van der Waals surface area contributed by atoms with Gasteiger partial charge in [-0.3, -0.25) is 19.7 Å². The Hall–Kier alpha value is -3.50. The molecule has 0 spiro atoms. The van der Waals surface area contributed by atoms with Crippen molar-refractivity contribution in [2.45, 2.75) is 6.54 Å². The highest BCUT2D eigenvalue weighted by atomic mass is 16.6. The molecular formula is C23H26N6O4. The number of carbonyl (C=O) groups excluding carboxylic acids is 1. The standard InChI is InChI=1S/C23H26N6O4/c1-31-21-3-2-17-23(27-21)18(4-5-25-17)29-9-8-28(15-22(29)30)7-6-24-13-16-12-19-20(14-26-16)33-11-10-32-19/h2-5,12,14,24H,6-11,13,15H2,1H3. The third kappa shape index (κ3) is 4.67. The molecule has 0 radical (unpaired) electrons. The number of carbonyl (C=O) groups is 1. The lowest BCUT2D eigenvalue weighted by molar-refractivity contribution is -0.121. The van der Waals surface area contributed by atoms with Crippen LogP contribution < -0.4 is 24.4 Å². The monoisotopic (exact) mass is 450 g/mol. The summed E-state index contributed by atoms with van der Waals surface area (Å²) in [7, 11) is 1.58. The summed E-state index contributed by atoms with van der Waals surface area (Å²) in [6.45, 7) is 5.00. The number of hydrogen-bond donors (Lipinski definition) is 1. The van der Waals surface area contributed by atoms with Crippen LogP contribution in [0.4, 0.5) is 5.69 Å². The number of rotatable bonds is 7. The normalized spacial score (nSPS) is 16.3. The van der Waals surface area contributed by atoms with Gasteiger partial charge in [0.15, 0.2) is 11.5 Å². The van der Waals surface area contributed by atoms with E-state index >= 15 is 0 Å². The van der Waals surface area contributed by atoms with Gasteiger partial charge >= 0.3 is 0 Å². The molecule has 3 aromatic rings. The van der Waals surface area contributed by atoms with E-state index in [1.165, 1.54) is 0 Å². The number of methoxy groups -OCH3 is 1. The van der Waals surface area contributed by atoms with Gasteiger partial charge in [0.05, 0.1) is 36.7 Å². The van der Waals surface area contributed by atoms with Crippen molar-refractivity contribution in [3.05, 3.63) is 42.4 Å². The van der Waals surface area contributed by atoms with Crippen LogP contribution in [0.1, 0.15) is 5.69 Å². The fourth-order valence-electron chi connectivity index (χ4n) is 4.03. The molecular weight excluding hydrogens is 424 g/mol. The van der Waals surface area contributed by atoms with Crippen LogP contribution in [-0.4, -0.2) is 78.8 Å². The van der Waals surface area contributed by atoms with Gasteiger partial charge in [-0.25, -0.2) is 4.98 Å². The smallest absolute Gasteiger partial charge is 0.241 e. The molecule has 0 bridgehead atoms. The zero-order valence-corrected chi connectivity index (χ0v) is 18.5. The lowest BCUT2D eigenvalue weighted by atomic mass is 10.2. The fourth-order valence-corrected chi connectivity index (χ4v) is 4.03. The first kappa shape index (κ1) is 21.4. The molecule has 1 amide bonds. The summed E-state index contributed by atoms with van der Waals surface area (Å²) in [5.74, 6) is 1.98. The Balaban J connectivity index is 1.15. The SMILES string of the molecule is COc1ccc2nccc(N3CCN(CCNCc4cc5c(cn4)OCCO5)CC3=O)c2n1. The molecule has 33 heavy (non-hydrogen) atoms. The second kappa shape index (κ2) is 9.55. The van der Waals surface area contributed by atoms with E-state index in [-0.39, 0.29) is 5.91 Å². The van der Waals surface area contributed by atoms with Crippen molar-refractivity contribution >= 4 is 22.6 Å². The predicted octanol–water partition coefficient (Wildman–Crippen LogP) is 1.24. The number of nitrogens with one attached hydrogen (secondary N) is 1. The first-order valence-electron chi connectivity index (χ1n) is 11.0. The second-order valence-electron chi connectivity index (χ2n) is 7.87. The van der Waals surface area contributed by atoms with Crippen LogP contribution >= 0.6 is 0 Å². The average Bonchev–Trinajstić information content (AvgIpc) is 2.86. The summed E-state index contributed by atoms with van der Waals surface area (Å²) >= 11 is 0. The van der Waals surface area contributed by atoms with Crippen molar-refractivity contribution in [2.24, 2.45) is 0 Å². The molecule has 5 rings (SSSR count). The van der Waals surface area contributed by atoms with E-state index in [0.29, 0.717) is 50.0 Å². The number of amides is 1. The van der Waals surface area contributed by atoms with E-state index in [1.54, 1.807) is 30.5 Å². The third-order valence-corrected chi connectivity index (χ3v) is 5.73. The molecule has 0 aliphatic carbocycles. The van der Waals surface area contributed by atoms with E-state index < -0.39 is 0 Å². The van der Waals surface area contributed by atoms with Crippen LogP contribution in [-0.2, 0) is 11.3 Å². The van der Waals surface area contributed by atoms with Crippen LogP contribution in [0.3, 0.4) is 0 Å². The number of hydrogen-bond acceptors (Lipinski definition) is 9. The molecule has 0 unspecified atom stereocenters. The predicted molar refractivity (Wildman–Crippen MR) is 122 cm³/mol. The van der Waals surface area contributed by atoms with Crippen molar-refractivity contribution in [3.8, 4) is 17.4 Å². The number of anilines is 1. The van der Waals surface area contributed by atoms with E-state index in [0.717, 1.165) is 42.3 Å². The zero-order chi connectivity index (χ0) is 22.6. The molecule has 0 aromatic carbocycles. The highest BCUT2D eigenvalue weighted by Crippen LogP contribution is 2.29. The lowest BCUT2D eigenvalue weighted by Crippen LogP contribution is -2.51. The molecule has 172 valence electrons. The number of aromatic nitrogens is 3. The summed E-state index contributed by atoms with van der Waals surface area (Å²) in [5, 5.41) is 3.39. The molecule has 0 saturated carbocycles. The molecule has 5 heterocycles. The molecule has 1 N–H and O–H groups in total.